The van der Waals surface area contributed by atoms with Crippen LogP contribution in [-0.4, -0.2) is 45.6 Å². The molecule has 3 atom stereocenters. The third-order valence-corrected chi connectivity index (χ3v) is 8.10. The standard InChI is InChI=1S/C31H41NO6/c1-17(33)23-28(36)24(18-15-19(30(2,3)4)27(35)20(16-18)31(5,6)7)26-25-21(34)13-11-9-8-10-12-14-22(25)38-32(26)29(23)37/h15-16,22,25-26,36H,8-14H2,1-7H3. The minimum atomic E-state index is -0.874. The van der Waals surface area contributed by atoms with Crippen molar-refractivity contribution in [2.75, 3.05) is 0 Å². The van der Waals surface area contributed by atoms with E-state index in [1.807, 2.05) is 41.5 Å². The Morgan fingerprint density at radius 2 is 1.47 bits per heavy atom. The number of amides is 1. The van der Waals surface area contributed by atoms with Crippen molar-refractivity contribution in [2.24, 2.45) is 16.7 Å². The van der Waals surface area contributed by atoms with Crippen LogP contribution >= 0.6 is 0 Å². The molecule has 0 aromatic rings. The van der Waals surface area contributed by atoms with Crippen LogP contribution in [0.4, 0.5) is 0 Å². The number of allylic oxidation sites excluding steroid dienone is 5. The topological polar surface area (TPSA) is 101 Å². The molecule has 38 heavy (non-hydrogen) atoms. The molecule has 0 spiro atoms. The van der Waals surface area contributed by atoms with Crippen molar-refractivity contribution in [3.8, 4) is 0 Å². The molecule has 0 aromatic heterocycles. The Balaban J connectivity index is 2.03. The molecule has 0 bridgehead atoms. The van der Waals surface area contributed by atoms with Crippen molar-refractivity contribution in [1.82, 2.24) is 5.06 Å². The highest BCUT2D eigenvalue weighted by molar-refractivity contribution is 6.20. The number of hydroxylamine groups is 2. The van der Waals surface area contributed by atoms with Gasteiger partial charge < -0.3 is 5.11 Å². The molecule has 2 aliphatic carbocycles. The van der Waals surface area contributed by atoms with E-state index < -0.39 is 46.3 Å². The van der Waals surface area contributed by atoms with Crippen molar-refractivity contribution >= 4 is 23.3 Å². The molecule has 1 saturated carbocycles. The number of hydrogen-bond donors (Lipinski definition) is 1. The number of aliphatic hydroxyl groups is 1. The maximum atomic E-state index is 13.6. The maximum Gasteiger partial charge on any atom is 0.285 e. The van der Waals surface area contributed by atoms with Crippen LogP contribution in [-0.2, 0) is 24.0 Å². The van der Waals surface area contributed by atoms with Gasteiger partial charge in [-0.25, -0.2) is 5.06 Å². The molecule has 206 valence electrons. The molecule has 4 aliphatic rings. The molecule has 0 aromatic carbocycles. The molecule has 1 amide bonds. The number of carbonyl (C=O) groups is 4. The predicted octanol–water partition coefficient (Wildman–Crippen LogP) is 5.67. The second-order valence-electron chi connectivity index (χ2n) is 13.1. The third-order valence-electron chi connectivity index (χ3n) is 8.10. The van der Waals surface area contributed by atoms with Crippen LogP contribution in [0.1, 0.15) is 93.4 Å². The molecule has 7 heteroatoms. The highest BCUT2D eigenvalue weighted by Gasteiger charge is 2.55. The van der Waals surface area contributed by atoms with Crippen LogP contribution in [0.5, 0.6) is 0 Å². The molecule has 1 N–H and O–H groups in total. The maximum absolute atomic E-state index is 13.6. The Hall–Kier alpha value is -2.80. The predicted molar refractivity (Wildman–Crippen MR) is 144 cm³/mol. The van der Waals surface area contributed by atoms with Gasteiger partial charge in [0.15, 0.2) is 11.6 Å². The average molecular weight is 524 g/mol. The molecule has 1 saturated heterocycles. The van der Waals surface area contributed by atoms with Gasteiger partial charge >= 0.3 is 0 Å². The summed E-state index contributed by atoms with van der Waals surface area (Å²) < 4.78 is 0. The van der Waals surface area contributed by atoms with Crippen LogP contribution in [0.3, 0.4) is 0 Å². The van der Waals surface area contributed by atoms with E-state index in [1.54, 1.807) is 12.2 Å². The fraction of sp³-hybridized carbons (Fsp3) is 0.613. The number of aliphatic hydroxyl groups excluding tert-OH is 1. The first-order valence-corrected chi connectivity index (χ1v) is 13.9. The Morgan fingerprint density at radius 1 is 0.921 bits per heavy atom. The second kappa shape index (κ2) is 10.1. The van der Waals surface area contributed by atoms with Crippen LogP contribution in [0.2, 0.25) is 0 Å². The van der Waals surface area contributed by atoms with E-state index in [-0.39, 0.29) is 17.1 Å². The van der Waals surface area contributed by atoms with Crippen LogP contribution in [0.15, 0.2) is 45.8 Å². The summed E-state index contributed by atoms with van der Waals surface area (Å²) in [5, 5.41) is 12.7. The fourth-order valence-corrected chi connectivity index (χ4v) is 6.06. The summed E-state index contributed by atoms with van der Waals surface area (Å²) >= 11 is 0. The van der Waals surface area contributed by atoms with Gasteiger partial charge in [0.1, 0.15) is 23.2 Å². The lowest BCUT2D eigenvalue weighted by Crippen LogP contribution is -2.47. The molecule has 4 rings (SSSR count). The average Bonchev–Trinajstić information content (AvgIpc) is 3.17. The van der Waals surface area contributed by atoms with E-state index in [9.17, 15) is 24.3 Å². The molecule has 2 aliphatic heterocycles. The van der Waals surface area contributed by atoms with Crippen molar-refractivity contribution in [3.63, 3.8) is 0 Å². The summed E-state index contributed by atoms with van der Waals surface area (Å²) in [6, 6.07) is -0.874. The molecular weight excluding hydrogens is 482 g/mol. The molecular formula is C31H41NO6. The van der Waals surface area contributed by atoms with Gasteiger partial charge in [0.25, 0.3) is 5.91 Å². The first kappa shape index (κ1) is 28.2. The zero-order valence-electron chi connectivity index (χ0n) is 23.8. The van der Waals surface area contributed by atoms with Gasteiger partial charge in [-0.05, 0) is 48.3 Å². The molecule has 2 heterocycles. The molecule has 7 nitrogen and oxygen atoms in total. The number of ketones is 3. The number of carbonyl (C=O) groups excluding carboxylic acids is 4. The number of nitrogens with zero attached hydrogens (tertiary/aromatic N) is 1. The van der Waals surface area contributed by atoms with E-state index in [0.29, 0.717) is 35.1 Å². The molecule has 2 fully saturated rings. The summed E-state index contributed by atoms with van der Waals surface area (Å²) in [5.74, 6) is -2.44. The quantitative estimate of drug-likeness (QED) is 0.445. The van der Waals surface area contributed by atoms with Gasteiger partial charge in [0.05, 0.1) is 12.0 Å². The zero-order chi connectivity index (χ0) is 28.2. The largest absolute Gasteiger partial charge is 0.507 e. The lowest BCUT2D eigenvalue weighted by atomic mass is 9.70. The van der Waals surface area contributed by atoms with Crippen molar-refractivity contribution in [2.45, 2.75) is 106 Å². The lowest BCUT2D eigenvalue weighted by molar-refractivity contribution is -0.184. The normalized spacial score (nSPS) is 27.7. The smallest absolute Gasteiger partial charge is 0.285 e. The third kappa shape index (κ3) is 4.97. The van der Waals surface area contributed by atoms with Crippen molar-refractivity contribution in [3.05, 3.63) is 45.8 Å². The van der Waals surface area contributed by atoms with Crippen molar-refractivity contribution < 1.29 is 29.1 Å². The summed E-state index contributed by atoms with van der Waals surface area (Å²) in [7, 11) is 0. The number of rotatable bonds is 1. The number of hydrogen-bond acceptors (Lipinski definition) is 6. The van der Waals surface area contributed by atoms with Gasteiger partial charge in [0.2, 0.25) is 0 Å². The Morgan fingerprint density at radius 3 is 2.03 bits per heavy atom. The highest BCUT2D eigenvalue weighted by atomic mass is 16.7. The molecule has 0 radical (unpaired) electrons. The summed E-state index contributed by atoms with van der Waals surface area (Å²) in [4.78, 5) is 59.5. The fourth-order valence-electron chi connectivity index (χ4n) is 6.06. The monoisotopic (exact) mass is 523 g/mol. The molecule has 3 unspecified atom stereocenters. The summed E-state index contributed by atoms with van der Waals surface area (Å²) in [5.41, 5.74) is 0.633. The lowest BCUT2D eigenvalue weighted by Gasteiger charge is -2.36. The first-order chi connectivity index (χ1) is 17.6. The van der Waals surface area contributed by atoms with Gasteiger partial charge in [-0.3, -0.25) is 24.0 Å². The van der Waals surface area contributed by atoms with Crippen molar-refractivity contribution in [1.29, 1.82) is 0 Å². The Kier molecular flexibility index (Phi) is 7.47. The zero-order valence-corrected chi connectivity index (χ0v) is 23.8. The van der Waals surface area contributed by atoms with E-state index in [0.717, 1.165) is 37.2 Å². The van der Waals surface area contributed by atoms with Crippen LogP contribution in [0.25, 0.3) is 0 Å². The SMILES string of the molecule is CC(=O)C1=C(O)C(=C2C=C(C(C)(C)C)C(=O)C(C(C)(C)C)=C2)C2C3C(=O)CCCCCCCC3ON2C1=O. The van der Waals surface area contributed by atoms with Gasteiger partial charge in [-0.1, -0.05) is 67.2 Å². The number of fused-ring (bicyclic) bond motifs is 3. The summed E-state index contributed by atoms with van der Waals surface area (Å²) in [6.07, 6.45) is 8.66. The van der Waals surface area contributed by atoms with E-state index in [4.69, 9.17) is 4.84 Å². The Bertz CT molecular complexity index is 1160. The summed E-state index contributed by atoms with van der Waals surface area (Å²) in [6.45, 7) is 13.0. The van der Waals surface area contributed by atoms with E-state index >= 15 is 0 Å². The van der Waals surface area contributed by atoms with Gasteiger partial charge in [-0.2, -0.15) is 0 Å². The van der Waals surface area contributed by atoms with Crippen LogP contribution < -0.4 is 0 Å². The second-order valence-corrected chi connectivity index (χ2v) is 13.1. The number of Topliss-reactive ketones (excluding diaryl/α,β-unsaturated/α-hetero) is 3. The first-order valence-electron chi connectivity index (χ1n) is 13.9. The van der Waals surface area contributed by atoms with E-state index in [1.165, 1.54) is 6.92 Å². The van der Waals surface area contributed by atoms with E-state index in [2.05, 4.69) is 0 Å². The highest BCUT2D eigenvalue weighted by Crippen LogP contribution is 2.47. The van der Waals surface area contributed by atoms with Gasteiger partial charge in [-0.15, -0.1) is 0 Å². The Labute approximate surface area is 225 Å². The van der Waals surface area contributed by atoms with Gasteiger partial charge in [0, 0.05) is 23.1 Å². The minimum absolute atomic E-state index is 0.00121. The minimum Gasteiger partial charge on any atom is -0.507 e. The van der Waals surface area contributed by atoms with Crippen LogP contribution in [0, 0.1) is 16.7 Å².